The first-order valence-electron chi connectivity index (χ1n) is 6.36. The van der Waals surface area contributed by atoms with E-state index in [2.05, 4.69) is 6.92 Å². The molecule has 0 heteroatoms. The van der Waals surface area contributed by atoms with Crippen LogP contribution in [0.2, 0.25) is 0 Å². The van der Waals surface area contributed by atoms with Gasteiger partial charge in [-0.25, -0.2) is 0 Å². The third-order valence-electron chi connectivity index (χ3n) is 3.88. The molecule has 0 N–H and O–H groups in total. The van der Waals surface area contributed by atoms with Crippen molar-refractivity contribution in [1.29, 1.82) is 0 Å². The Balaban J connectivity index is 0.000000396. The zero-order valence-corrected chi connectivity index (χ0v) is 9.68. The molecular formula is C13H26. The Morgan fingerprint density at radius 1 is 0.692 bits per heavy atom. The van der Waals surface area contributed by atoms with Crippen molar-refractivity contribution in [2.75, 3.05) is 0 Å². The Labute approximate surface area is 84.1 Å². The molecule has 2 unspecified atom stereocenters. The maximum absolute atomic E-state index is 2.43. The summed E-state index contributed by atoms with van der Waals surface area (Å²) in [6, 6.07) is 0. The molecule has 0 bridgehead atoms. The van der Waals surface area contributed by atoms with Crippen molar-refractivity contribution in [1.82, 2.24) is 0 Å². The number of hydrogen-bond acceptors (Lipinski definition) is 0. The van der Waals surface area contributed by atoms with Crippen molar-refractivity contribution < 1.29 is 0 Å². The molecule has 0 aromatic rings. The lowest BCUT2D eigenvalue weighted by Crippen LogP contribution is -2.04. The minimum absolute atomic E-state index is 1.03. The molecule has 0 saturated heterocycles. The lowest BCUT2D eigenvalue weighted by molar-refractivity contribution is 0.367. The summed E-state index contributed by atoms with van der Waals surface area (Å²) in [5.41, 5.74) is 0. The Morgan fingerprint density at radius 3 is 1.62 bits per heavy atom. The van der Waals surface area contributed by atoms with Crippen molar-refractivity contribution in [2.24, 2.45) is 17.8 Å². The molecule has 2 rings (SSSR count). The van der Waals surface area contributed by atoms with Gasteiger partial charge in [0, 0.05) is 0 Å². The zero-order chi connectivity index (χ0) is 9.68. The van der Waals surface area contributed by atoms with Gasteiger partial charge in [0.25, 0.3) is 0 Å². The Hall–Kier alpha value is 0. The van der Waals surface area contributed by atoms with Gasteiger partial charge >= 0.3 is 0 Å². The number of hydrogen-bond donors (Lipinski definition) is 0. The molecule has 2 saturated carbocycles. The number of fused-ring (bicyclic) bond motifs is 1. The fourth-order valence-electron chi connectivity index (χ4n) is 3.02. The van der Waals surface area contributed by atoms with Crippen LogP contribution < -0.4 is 0 Å². The van der Waals surface area contributed by atoms with E-state index < -0.39 is 0 Å². The Morgan fingerprint density at radius 2 is 1.15 bits per heavy atom. The van der Waals surface area contributed by atoms with Crippen LogP contribution in [0, 0.1) is 17.8 Å². The van der Waals surface area contributed by atoms with E-state index in [1.165, 1.54) is 19.3 Å². The molecule has 13 heavy (non-hydrogen) atoms. The highest BCUT2D eigenvalue weighted by molar-refractivity contribution is 4.81. The van der Waals surface area contributed by atoms with Gasteiger partial charge in [0.05, 0.1) is 0 Å². The van der Waals surface area contributed by atoms with Crippen LogP contribution in [0.25, 0.3) is 0 Å². The van der Waals surface area contributed by atoms with E-state index in [1.807, 2.05) is 13.8 Å². The van der Waals surface area contributed by atoms with Gasteiger partial charge in [-0.2, -0.15) is 0 Å². The lowest BCUT2D eigenvalue weighted by atomic mass is 9.92. The fourth-order valence-corrected chi connectivity index (χ4v) is 3.02. The summed E-state index contributed by atoms with van der Waals surface area (Å²) in [6.45, 7) is 6.43. The first-order chi connectivity index (χ1) is 6.36. The van der Waals surface area contributed by atoms with Crippen LogP contribution in [0.15, 0.2) is 0 Å². The van der Waals surface area contributed by atoms with Crippen LogP contribution in [0.4, 0.5) is 0 Å². The molecule has 0 aliphatic heterocycles. The van der Waals surface area contributed by atoms with E-state index in [0.29, 0.717) is 0 Å². The molecule has 0 radical (unpaired) electrons. The average Bonchev–Trinajstić information content (AvgIpc) is 2.56. The van der Waals surface area contributed by atoms with Crippen LogP contribution in [0.3, 0.4) is 0 Å². The highest BCUT2D eigenvalue weighted by atomic mass is 14.3. The maximum Gasteiger partial charge on any atom is -0.0386 e. The van der Waals surface area contributed by atoms with Crippen LogP contribution >= 0.6 is 0 Å². The monoisotopic (exact) mass is 182 g/mol. The van der Waals surface area contributed by atoms with Gasteiger partial charge in [-0.05, 0) is 30.6 Å². The summed E-state index contributed by atoms with van der Waals surface area (Å²) in [6.07, 6.45) is 10.8. The van der Waals surface area contributed by atoms with Gasteiger partial charge in [-0.1, -0.05) is 52.9 Å². The van der Waals surface area contributed by atoms with Crippen molar-refractivity contribution in [2.45, 2.75) is 65.7 Å². The third-order valence-corrected chi connectivity index (χ3v) is 3.88. The van der Waals surface area contributed by atoms with Crippen LogP contribution in [0.1, 0.15) is 65.7 Å². The summed E-state index contributed by atoms with van der Waals surface area (Å²) in [4.78, 5) is 0. The predicted octanol–water partition coefficient (Wildman–Crippen LogP) is 4.64. The Bertz CT molecular complexity index is 114. The SMILES string of the molecule is CC.CC1CCC2CCCC2CC1. The standard InChI is InChI=1S/C11H20.C2H6/c1-9-5-7-10-3-2-4-11(10)8-6-9;1-2/h9-11H,2-8H2,1H3;1-2H3. The maximum atomic E-state index is 2.43. The summed E-state index contributed by atoms with van der Waals surface area (Å²) in [7, 11) is 0. The van der Waals surface area contributed by atoms with Crippen molar-refractivity contribution in [3.05, 3.63) is 0 Å². The second kappa shape index (κ2) is 5.67. The second-order valence-electron chi connectivity index (χ2n) is 4.71. The van der Waals surface area contributed by atoms with E-state index >= 15 is 0 Å². The minimum Gasteiger partial charge on any atom is -0.0683 e. The highest BCUT2D eigenvalue weighted by Crippen LogP contribution is 2.41. The van der Waals surface area contributed by atoms with Gasteiger partial charge in [-0.3, -0.25) is 0 Å². The molecule has 0 heterocycles. The van der Waals surface area contributed by atoms with Crippen molar-refractivity contribution in [3.63, 3.8) is 0 Å². The fraction of sp³-hybridized carbons (Fsp3) is 1.00. The van der Waals surface area contributed by atoms with E-state index in [-0.39, 0.29) is 0 Å². The first-order valence-corrected chi connectivity index (χ1v) is 6.36. The second-order valence-corrected chi connectivity index (χ2v) is 4.71. The molecule has 2 aliphatic carbocycles. The largest absolute Gasteiger partial charge is 0.0683 e. The van der Waals surface area contributed by atoms with Gasteiger partial charge in [0.1, 0.15) is 0 Å². The van der Waals surface area contributed by atoms with Crippen LogP contribution in [-0.2, 0) is 0 Å². The first kappa shape index (κ1) is 11.1. The summed E-state index contributed by atoms with van der Waals surface area (Å²) < 4.78 is 0. The van der Waals surface area contributed by atoms with E-state index in [0.717, 1.165) is 17.8 Å². The minimum atomic E-state index is 1.03. The van der Waals surface area contributed by atoms with Crippen molar-refractivity contribution in [3.8, 4) is 0 Å². The smallest absolute Gasteiger partial charge is 0.0386 e. The molecule has 0 aromatic carbocycles. The summed E-state index contributed by atoms with van der Waals surface area (Å²) in [5, 5.41) is 0. The van der Waals surface area contributed by atoms with E-state index in [9.17, 15) is 0 Å². The van der Waals surface area contributed by atoms with Gasteiger partial charge in [-0.15, -0.1) is 0 Å². The van der Waals surface area contributed by atoms with Crippen molar-refractivity contribution >= 4 is 0 Å². The van der Waals surface area contributed by atoms with Crippen LogP contribution in [0.5, 0.6) is 0 Å². The normalized spacial score (nSPS) is 38.5. The Kier molecular flexibility index (Phi) is 4.83. The quantitative estimate of drug-likeness (QED) is 0.512. The van der Waals surface area contributed by atoms with Gasteiger partial charge < -0.3 is 0 Å². The molecule has 0 nitrogen and oxygen atoms in total. The molecule has 0 amide bonds. The average molecular weight is 182 g/mol. The predicted molar refractivity (Wildman–Crippen MR) is 59.8 cm³/mol. The molecule has 2 atom stereocenters. The molecule has 2 aliphatic rings. The lowest BCUT2D eigenvalue weighted by Gasteiger charge is -2.14. The number of rotatable bonds is 0. The molecule has 0 spiro atoms. The van der Waals surface area contributed by atoms with Gasteiger partial charge in [0.15, 0.2) is 0 Å². The highest BCUT2D eigenvalue weighted by Gasteiger charge is 2.29. The molecule has 2 fully saturated rings. The van der Waals surface area contributed by atoms with E-state index in [4.69, 9.17) is 0 Å². The van der Waals surface area contributed by atoms with Gasteiger partial charge in [0.2, 0.25) is 0 Å². The van der Waals surface area contributed by atoms with E-state index in [1.54, 1.807) is 25.7 Å². The topological polar surface area (TPSA) is 0 Å². The molecular weight excluding hydrogens is 156 g/mol. The molecule has 78 valence electrons. The summed E-state index contributed by atoms with van der Waals surface area (Å²) >= 11 is 0. The summed E-state index contributed by atoms with van der Waals surface area (Å²) in [5.74, 6) is 3.31. The third kappa shape index (κ3) is 3.00. The van der Waals surface area contributed by atoms with Crippen LogP contribution in [-0.4, -0.2) is 0 Å². The zero-order valence-electron chi connectivity index (χ0n) is 9.68. The molecule has 0 aromatic heterocycles.